The molecule has 188 valence electrons. The van der Waals surface area contributed by atoms with Crippen LogP contribution in [-0.4, -0.2) is 40.0 Å². The maximum absolute atomic E-state index is 13.6. The van der Waals surface area contributed by atoms with Crippen LogP contribution >= 0.6 is 40.0 Å². The van der Waals surface area contributed by atoms with Gasteiger partial charge < -0.3 is 4.90 Å². The summed E-state index contributed by atoms with van der Waals surface area (Å²) >= 11 is 8.32. The third-order valence-electron chi connectivity index (χ3n) is 5.76. The number of hydrogen-bond acceptors (Lipinski definition) is 6. The minimum Gasteiger partial charge on any atom is -0.364 e. The molecule has 15 heteroatoms. The number of anilines is 1. The Balaban J connectivity index is 1.78. The molecule has 0 spiro atoms. The van der Waals surface area contributed by atoms with Crippen LogP contribution in [-0.2, 0) is 29.3 Å². The first kappa shape index (κ1) is 26.4. The van der Waals surface area contributed by atoms with Crippen molar-refractivity contribution >= 4 is 55.5 Å². The van der Waals surface area contributed by atoms with Crippen molar-refractivity contribution in [2.75, 3.05) is 17.2 Å². The van der Waals surface area contributed by atoms with E-state index in [1.54, 1.807) is 4.90 Å². The summed E-state index contributed by atoms with van der Waals surface area (Å²) in [5, 5.41) is 8.24. The molecule has 0 N–H and O–H groups in total. The monoisotopic (exact) mass is 659 g/mol. The molecule has 0 bridgehead atoms. The Hall–Kier alpha value is -1.70. The number of rotatable bonds is 7. The zero-order valence-electron chi connectivity index (χ0n) is 18.2. The summed E-state index contributed by atoms with van der Waals surface area (Å²) in [6, 6.07) is 3.10. The van der Waals surface area contributed by atoms with Gasteiger partial charge in [-0.15, -0.1) is 0 Å². The molecule has 3 aromatic rings. The highest BCUT2D eigenvalue weighted by Gasteiger charge is 2.32. The Bertz CT molecular complexity index is 1450. The Morgan fingerprint density at radius 1 is 1.31 bits per heavy atom. The van der Waals surface area contributed by atoms with Crippen LogP contribution in [0, 0.1) is 5.82 Å². The lowest BCUT2D eigenvalue weighted by atomic mass is 10.1. The molecule has 0 saturated heterocycles. The van der Waals surface area contributed by atoms with E-state index in [1.165, 1.54) is 28.3 Å². The van der Waals surface area contributed by atoms with Gasteiger partial charge in [0, 0.05) is 36.3 Å². The van der Waals surface area contributed by atoms with Crippen molar-refractivity contribution in [3.05, 3.63) is 68.0 Å². The zero-order valence-corrected chi connectivity index (χ0v) is 22.9. The van der Waals surface area contributed by atoms with E-state index in [-0.39, 0.29) is 40.8 Å². The summed E-state index contributed by atoms with van der Waals surface area (Å²) in [6.07, 6.45) is -1.05. The molecule has 0 saturated carbocycles. The van der Waals surface area contributed by atoms with E-state index in [9.17, 15) is 26.4 Å². The van der Waals surface area contributed by atoms with Crippen LogP contribution in [0.15, 0.2) is 34.2 Å². The number of hydrogen-bond donors (Lipinski definition) is 0. The van der Waals surface area contributed by atoms with Crippen molar-refractivity contribution in [3.63, 3.8) is 0 Å². The van der Waals surface area contributed by atoms with Crippen molar-refractivity contribution in [2.45, 2.75) is 37.9 Å². The molecule has 1 atom stereocenters. The van der Waals surface area contributed by atoms with Crippen molar-refractivity contribution in [1.82, 2.24) is 19.3 Å². The summed E-state index contributed by atoms with van der Waals surface area (Å²) in [7, 11) is -3.76. The molecule has 1 unspecified atom stereocenters. The van der Waals surface area contributed by atoms with Gasteiger partial charge in [-0.05, 0) is 39.7 Å². The maximum Gasteiger partial charge on any atom is 0.291 e. The van der Waals surface area contributed by atoms with Crippen LogP contribution in [0.25, 0.3) is 0 Å². The first-order valence-electron chi connectivity index (χ1n) is 10.3. The van der Waals surface area contributed by atoms with Gasteiger partial charge in [-0.2, -0.15) is 10.2 Å². The first-order chi connectivity index (χ1) is 16.6. The van der Waals surface area contributed by atoms with E-state index in [2.05, 4.69) is 10.2 Å². The van der Waals surface area contributed by atoms with E-state index in [4.69, 9.17) is 11.6 Å². The molecule has 0 radical (unpaired) electrons. The normalized spacial score (nSPS) is 14.3. The number of fused-ring (bicyclic) bond motifs is 1. The zero-order chi connectivity index (χ0) is 25.5. The van der Waals surface area contributed by atoms with E-state index < -0.39 is 33.2 Å². The Labute approximate surface area is 218 Å². The fraction of sp³-hybridized carbons (Fsp3) is 0.350. The van der Waals surface area contributed by atoms with Gasteiger partial charge in [-0.25, -0.2) is 26.0 Å². The molecule has 0 aliphatic carbocycles. The van der Waals surface area contributed by atoms with Crippen LogP contribution in [0.3, 0.4) is 0 Å². The van der Waals surface area contributed by atoms with Crippen LogP contribution < -0.4 is 10.5 Å². The maximum atomic E-state index is 13.6. The summed E-state index contributed by atoms with van der Waals surface area (Å²) < 4.78 is 68.9. The number of sulfone groups is 1. The fourth-order valence-electron chi connectivity index (χ4n) is 3.96. The summed E-state index contributed by atoms with van der Waals surface area (Å²) in [4.78, 5) is 14.2. The van der Waals surface area contributed by atoms with Crippen LogP contribution in [0.5, 0.6) is 0 Å². The summed E-state index contributed by atoms with van der Waals surface area (Å²) in [5.74, 6) is -0.989. The molecule has 0 fully saturated rings. The minimum absolute atomic E-state index is 0.0206. The van der Waals surface area contributed by atoms with Crippen LogP contribution in [0.4, 0.5) is 18.9 Å². The number of alkyl halides is 2. The molecule has 2 aromatic heterocycles. The van der Waals surface area contributed by atoms with Gasteiger partial charge in [0.25, 0.3) is 12.0 Å². The van der Waals surface area contributed by atoms with Gasteiger partial charge in [0.2, 0.25) is 0 Å². The molecule has 3 heterocycles. The fourth-order valence-corrected chi connectivity index (χ4v) is 6.66. The Morgan fingerprint density at radius 3 is 2.71 bits per heavy atom. The average molecular weight is 660 g/mol. The van der Waals surface area contributed by atoms with Crippen LogP contribution in [0.2, 0.25) is 5.02 Å². The lowest BCUT2D eigenvalue weighted by molar-refractivity contribution is 0.149. The highest BCUT2D eigenvalue weighted by molar-refractivity contribution is 14.2. The number of nitrogens with zero attached hydrogens (tertiary/aromatic N) is 5. The molecule has 4 rings (SSSR count). The van der Waals surface area contributed by atoms with E-state index in [0.717, 1.165) is 12.1 Å². The Kier molecular flexibility index (Phi) is 7.79. The van der Waals surface area contributed by atoms with E-state index in [0.29, 0.717) is 29.9 Å². The standard InChI is InChI=1S/C20H19ClF3IN5O3PS/c1-2-35(32,33)19-14-10-28(16-8-26-30(34-25)20(31)17(16)21)6-5-15(14)29(27-19)9-11-3-4-12(22)7-13(11)18(23)24/h3-4,7-8,18,34H,2,5-6,9-10H2,1H3. The molecule has 0 amide bonds. The molecule has 8 nitrogen and oxygen atoms in total. The predicted octanol–water partition coefficient (Wildman–Crippen LogP) is 4.37. The quantitative estimate of drug-likeness (QED) is 0.277. The lowest BCUT2D eigenvalue weighted by Gasteiger charge is -2.30. The highest BCUT2D eigenvalue weighted by atomic mass is 127. The molecule has 35 heavy (non-hydrogen) atoms. The average Bonchev–Trinajstić information content (AvgIpc) is 3.20. The summed E-state index contributed by atoms with van der Waals surface area (Å²) in [6.45, 7) is 1.80. The second kappa shape index (κ2) is 10.3. The second-order valence-corrected chi connectivity index (χ2v) is 12.4. The summed E-state index contributed by atoms with van der Waals surface area (Å²) in [5.41, 5.74) is 0.583. The number of benzene rings is 1. The minimum atomic E-state index is -3.76. The van der Waals surface area contributed by atoms with Gasteiger partial charge in [-0.1, -0.05) is 24.6 Å². The molecule has 1 aromatic carbocycles. The third-order valence-corrected chi connectivity index (χ3v) is 9.64. The number of aromatic nitrogens is 4. The van der Waals surface area contributed by atoms with E-state index in [1.807, 2.05) is 22.0 Å². The largest absolute Gasteiger partial charge is 0.364 e. The second-order valence-electron chi connectivity index (χ2n) is 7.75. The third kappa shape index (κ3) is 5.09. The van der Waals surface area contributed by atoms with E-state index >= 15 is 0 Å². The van der Waals surface area contributed by atoms with Gasteiger partial charge in [0.1, 0.15) is 10.8 Å². The first-order valence-corrected chi connectivity index (χ1v) is 16.4. The number of halogens is 5. The molecule has 1 aliphatic heterocycles. The van der Waals surface area contributed by atoms with Crippen LogP contribution in [0.1, 0.15) is 35.7 Å². The topological polar surface area (TPSA) is 90.1 Å². The lowest BCUT2D eigenvalue weighted by Crippen LogP contribution is -2.33. The van der Waals surface area contributed by atoms with Crippen molar-refractivity contribution < 1.29 is 21.6 Å². The van der Waals surface area contributed by atoms with Gasteiger partial charge in [0.05, 0.1) is 30.6 Å². The smallest absolute Gasteiger partial charge is 0.291 e. The van der Waals surface area contributed by atoms with Crippen molar-refractivity contribution in [3.8, 4) is 0 Å². The Morgan fingerprint density at radius 2 is 2.06 bits per heavy atom. The predicted molar refractivity (Wildman–Crippen MR) is 136 cm³/mol. The molecule has 1 aliphatic rings. The van der Waals surface area contributed by atoms with Gasteiger partial charge in [0.15, 0.2) is 14.9 Å². The van der Waals surface area contributed by atoms with Gasteiger partial charge >= 0.3 is 0 Å². The SMILES string of the molecule is CCS(=O)(=O)c1nn(Cc2ccc(F)cc2C(F)F)c2c1CN(c1cnn(PI)c(=O)c1Cl)CC2. The molecular formula is C20H19ClF3IN5O3PS. The molecular weight excluding hydrogens is 641 g/mol. The van der Waals surface area contributed by atoms with Gasteiger partial charge in [-0.3, -0.25) is 9.48 Å². The van der Waals surface area contributed by atoms with Crippen molar-refractivity contribution in [1.29, 1.82) is 0 Å². The van der Waals surface area contributed by atoms with Crippen molar-refractivity contribution in [2.24, 2.45) is 0 Å². The highest BCUT2D eigenvalue weighted by Crippen LogP contribution is 2.33.